The van der Waals surface area contributed by atoms with Crippen LogP contribution < -0.4 is 14.8 Å². The molecule has 0 aliphatic heterocycles. The molecule has 0 aliphatic carbocycles. The van der Waals surface area contributed by atoms with Gasteiger partial charge in [-0.1, -0.05) is 22.0 Å². The normalized spacial score (nSPS) is 10.8. The lowest BCUT2D eigenvalue weighted by Gasteiger charge is -2.20. The lowest BCUT2D eigenvalue weighted by Crippen LogP contribution is -2.36. The Morgan fingerprint density at radius 2 is 1.74 bits per heavy atom. The van der Waals surface area contributed by atoms with Crippen LogP contribution in [0.4, 0.5) is 11.5 Å². The van der Waals surface area contributed by atoms with Gasteiger partial charge in [0.05, 0.1) is 46.5 Å². The minimum Gasteiger partial charge on any atom is -0.493 e. The number of hydrogen-bond acceptors (Lipinski definition) is 10. The lowest BCUT2D eigenvalue weighted by molar-refractivity contribution is -0.145. The Bertz CT molecular complexity index is 1160. The van der Waals surface area contributed by atoms with Crippen molar-refractivity contribution in [2.45, 2.75) is 6.42 Å². The number of nitrogens with one attached hydrogen (secondary N) is 1. The van der Waals surface area contributed by atoms with Gasteiger partial charge in [-0.25, -0.2) is 9.97 Å². The molecule has 186 valence electrons. The van der Waals surface area contributed by atoms with E-state index in [1.54, 1.807) is 18.1 Å². The van der Waals surface area contributed by atoms with E-state index in [9.17, 15) is 9.59 Å². The second-order valence-electron chi connectivity index (χ2n) is 7.44. The zero-order valence-corrected chi connectivity index (χ0v) is 21.3. The number of carbonyl (C=O) groups excluding carboxylic acids is 2. The highest BCUT2D eigenvalue weighted by Crippen LogP contribution is 2.35. The molecule has 0 aliphatic rings. The molecule has 0 fully saturated rings. The lowest BCUT2D eigenvalue weighted by atomic mass is 10.2. The highest BCUT2D eigenvalue weighted by molar-refractivity contribution is 9.10. The quantitative estimate of drug-likeness (QED) is 0.267. The monoisotopic (exact) mass is 546 g/mol. The molecule has 0 amide bonds. The van der Waals surface area contributed by atoms with Crippen LogP contribution >= 0.6 is 15.9 Å². The molecule has 0 radical (unpaired) electrons. The van der Waals surface area contributed by atoms with Crippen molar-refractivity contribution in [3.8, 4) is 11.5 Å². The van der Waals surface area contributed by atoms with Gasteiger partial charge in [0.25, 0.3) is 0 Å². The van der Waals surface area contributed by atoms with Gasteiger partial charge in [-0.3, -0.25) is 14.5 Å². The largest absolute Gasteiger partial charge is 0.493 e. The maximum Gasteiger partial charge on any atom is 0.319 e. The first-order valence-electron chi connectivity index (χ1n) is 10.8. The van der Waals surface area contributed by atoms with Gasteiger partial charge in [0.2, 0.25) is 0 Å². The van der Waals surface area contributed by atoms with Gasteiger partial charge in [0, 0.05) is 28.2 Å². The molecule has 2 aromatic carbocycles. The molecule has 0 spiro atoms. The Hall–Kier alpha value is -3.44. The van der Waals surface area contributed by atoms with Gasteiger partial charge in [-0.15, -0.1) is 0 Å². The van der Waals surface area contributed by atoms with E-state index in [2.05, 4.69) is 31.2 Å². The minimum atomic E-state index is -0.434. The number of rotatable bonds is 12. The van der Waals surface area contributed by atoms with Crippen LogP contribution in [0.3, 0.4) is 0 Å². The first-order chi connectivity index (χ1) is 16.9. The number of carbonyl (C=O) groups is 2. The SMILES string of the molecule is COC(=O)CN(CCCOc1cc2c(Nc3cccc(Br)c3)ncnc2cc1OC)CC(=O)OC. The number of halogens is 1. The molecule has 0 saturated carbocycles. The smallest absolute Gasteiger partial charge is 0.319 e. The van der Waals surface area contributed by atoms with Gasteiger partial charge >= 0.3 is 11.9 Å². The maximum atomic E-state index is 11.7. The summed E-state index contributed by atoms with van der Waals surface area (Å²) in [6.45, 7) is 0.710. The molecule has 3 rings (SSSR count). The molecule has 1 aromatic heterocycles. The van der Waals surface area contributed by atoms with E-state index in [0.29, 0.717) is 42.4 Å². The molecule has 0 bridgehead atoms. The fourth-order valence-corrected chi connectivity index (χ4v) is 3.72. The topological polar surface area (TPSA) is 112 Å². The Kier molecular flexibility index (Phi) is 9.62. The Morgan fingerprint density at radius 1 is 1.00 bits per heavy atom. The van der Waals surface area contributed by atoms with Crippen LogP contribution in [0.5, 0.6) is 11.5 Å². The maximum absolute atomic E-state index is 11.7. The predicted octanol–water partition coefficient (Wildman–Crippen LogP) is 3.56. The average Bonchev–Trinajstić information content (AvgIpc) is 2.86. The van der Waals surface area contributed by atoms with Gasteiger partial charge in [0.15, 0.2) is 11.5 Å². The molecule has 1 heterocycles. The van der Waals surface area contributed by atoms with Crippen molar-refractivity contribution in [2.24, 2.45) is 0 Å². The summed E-state index contributed by atoms with van der Waals surface area (Å²) in [5, 5.41) is 4.08. The summed E-state index contributed by atoms with van der Waals surface area (Å²) in [5.41, 5.74) is 1.57. The van der Waals surface area contributed by atoms with E-state index in [4.69, 9.17) is 18.9 Å². The summed E-state index contributed by atoms with van der Waals surface area (Å²) in [6.07, 6.45) is 2.03. The molecule has 0 atom stereocenters. The summed E-state index contributed by atoms with van der Waals surface area (Å²) < 4.78 is 21.8. The fraction of sp³-hybridized carbons (Fsp3) is 0.333. The zero-order valence-electron chi connectivity index (χ0n) is 19.7. The second-order valence-corrected chi connectivity index (χ2v) is 8.36. The third kappa shape index (κ3) is 7.52. The predicted molar refractivity (Wildman–Crippen MR) is 134 cm³/mol. The number of aromatic nitrogens is 2. The van der Waals surface area contributed by atoms with E-state index in [1.807, 2.05) is 30.3 Å². The van der Waals surface area contributed by atoms with Gasteiger partial charge in [-0.05, 0) is 30.7 Å². The molecular weight excluding hydrogens is 520 g/mol. The van der Waals surface area contributed by atoms with Crippen LogP contribution in [-0.2, 0) is 19.1 Å². The first-order valence-corrected chi connectivity index (χ1v) is 11.6. The number of fused-ring (bicyclic) bond motifs is 1. The van der Waals surface area contributed by atoms with Crippen molar-refractivity contribution >= 4 is 50.3 Å². The van der Waals surface area contributed by atoms with Crippen molar-refractivity contribution in [1.82, 2.24) is 14.9 Å². The zero-order chi connectivity index (χ0) is 25.2. The van der Waals surface area contributed by atoms with E-state index < -0.39 is 11.9 Å². The Morgan fingerprint density at radius 3 is 2.40 bits per heavy atom. The number of benzene rings is 2. The molecule has 10 nitrogen and oxygen atoms in total. The van der Waals surface area contributed by atoms with Gasteiger partial charge in [-0.2, -0.15) is 0 Å². The van der Waals surface area contributed by atoms with Crippen LogP contribution in [0.2, 0.25) is 0 Å². The molecule has 1 N–H and O–H groups in total. The van der Waals surface area contributed by atoms with Crippen LogP contribution in [0.25, 0.3) is 10.9 Å². The Balaban J connectivity index is 1.72. The molecule has 0 saturated heterocycles. The third-order valence-corrected chi connectivity index (χ3v) is 5.54. The van der Waals surface area contributed by atoms with Crippen molar-refractivity contribution in [1.29, 1.82) is 0 Å². The second kappa shape index (κ2) is 12.9. The molecular formula is C24H27BrN4O6. The standard InChI is InChI=1S/C24H27BrN4O6/c1-32-20-12-19-18(24(27-15-26-19)28-17-7-4-6-16(25)10-17)11-21(20)35-9-5-8-29(13-22(30)33-2)14-23(31)34-3/h4,6-7,10-12,15H,5,8-9,13-14H2,1-3H3,(H,26,27,28). The third-order valence-electron chi connectivity index (χ3n) is 5.05. The minimum absolute atomic E-state index is 0.0210. The molecule has 0 unspecified atom stereocenters. The number of anilines is 2. The van der Waals surface area contributed by atoms with E-state index in [-0.39, 0.29) is 13.1 Å². The van der Waals surface area contributed by atoms with E-state index in [0.717, 1.165) is 15.5 Å². The highest BCUT2D eigenvalue weighted by atomic mass is 79.9. The van der Waals surface area contributed by atoms with E-state index in [1.165, 1.54) is 20.5 Å². The summed E-state index contributed by atoms with van der Waals surface area (Å²) >= 11 is 3.47. The van der Waals surface area contributed by atoms with Gasteiger partial charge in [0.1, 0.15) is 12.1 Å². The Labute approximate surface area is 211 Å². The summed E-state index contributed by atoms with van der Waals surface area (Å²) in [7, 11) is 4.17. The number of ether oxygens (including phenoxy) is 4. The summed E-state index contributed by atoms with van der Waals surface area (Å²) in [4.78, 5) is 33.7. The van der Waals surface area contributed by atoms with Crippen molar-refractivity contribution in [3.63, 3.8) is 0 Å². The fourth-order valence-electron chi connectivity index (χ4n) is 3.32. The number of esters is 2. The van der Waals surface area contributed by atoms with Crippen molar-refractivity contribution in [2.75, 3.05) is 52.9 Å². The summed E-state index contributed by atoms with van der Waals surface area (Å²) in [5.74, 6) is 0.820. The molecule has 3 aromatic rings. The van der Waals surface area contributed by atoms with E-state index >= 15 is 0 Å². The van der Waals surface area contributed by atoms with Crippen LogP contribution in [0, 0.1) is 0 Å². The van der Waals surface area contributed by atoms with Crippen LogP contribution in [0.15, 0.2) is 47.2 Å². The number of hydrogen-bond donors (Lipinski definition) is 1. The summed E-state index contributed by atoms with van der Waals surface area (Å²) in [6, 6.07) is 11.4. The molecule has 35 heavy (non-hydrogen) atoms. The van der Waals surface area contributed by atoms with Crippen LogP contribution in [0.1, 0.15) is 6.42 Å². The first kappa shape index (κ1) is 26.2. The van der Waals surface area contributed by atoms with Crippen molar-refractivity contribution in [3.05, 3.63) is 47.2 Å². The number of methoxy groups -OCH3 is 3. The molecule has 11 heteroatoms. The van der Waals surface area contributed by atoms with Crippen LogP contribution in [-0.4, -0.2) is 74.4 Å². The number of nitrogens with zero attached hydrogens (tertiary/aromatic N) is 3. The highest BCUT2D eigenvalue weighted by Gasteiger charge is 2.16. The van der Waals surface area contributed by atoms with Crippen molar-refractivity contribution < 1.29 is 28.5 Å². The average molecular weight is 547 g/mol. The van der Waals surface area contributed by atoms with Gasteiger partial charge < -0.3 is 24.3 Å².